The Kier molecular flexibility index (Phi) is 3.28. The average Bonchev–Trinajstić information content (AvgIpc) is 2.47. The van der Waals surface area contributed by atoms with Gasteiger partial charge < -0.3 is 19.7 Å². The summed E-state index contributed by atoms with van der Waals surface area (Å²) in [6.45, 7) is 6.90. The highest BCUT2D eigenvalue weighted by atomic mass is 16.6. The van der Waals surface area contributed by atoms with Crippen LogP contribution in [0.15, 0.2) is 18.2 Å². The number of nitrogens with zero attached hydrogens (tertiary/aromatic N) is 1. The number of anilines is 1. The molecule has 1 saturated heterocycles. The molecule has 98 valence electrons. The van der Waals surface area contributed by atoms with Gasteiger partial charge in [-0.1, -0.05) is 13.0 Å². The van der Waals surface area contributed by atoms with Crippen molar-refractivity contribution in [3.8, 4) is 11.5 Å². The van der Waals surface area contributed by atoms with E-state index in [1.54, 1.807) is 0 Å². The van der Waals surface area contributed by atoms with Gasteiger partial charge in [0.25, 0.3) is 0 Å². The van der Waals surface area contributed by atoms with Gasteiger partial charge >= 0.3 is 0 Å². The molecule has 2 aliphatic heterocycles. The average molecular weight is 248 g/mol. The molecule has 1 unspecified atom stereocenters. The molecule has 0 spiro atoms. The second kappa shape index (κ2) is 5.06. The molecule has 1 aromatic rings. The lowest BCUT2D eigenvalue weighted by Gasteiger charge is -2.34. The van der Waals surface area contributed by atoms with E-state index in [-0.39, 0.29) is 6.10 Å². The minimum absolute atomic E-state index is 0.182. The monoisotopic (exact) mass is 248 g/mol. The molecular weight excluding hydrogens is 228 g/mol. The fraction of sp³-hybridized carbons (Fsp3) is 0.571. The molecule has 4 heteroatoms. The van der Waals surface area contributed by atoms with E-state index >= 15 is 0 Å². The van der Waals surface area contributed by atoms with Crippen LogP contribution in [0, 0.1) is 0 Å². The molecule has 3 rings (SSSR count). The minimum atomic E-state index is 0.182. The van der Waals surface area contributed by atoms with Crippen LogP contribution in [0.5, 0.6) is 11.5 Å². The first-order chi connectivity index (χ1) is 8.88. The third-order valence-corrected chi connectivity index (χ3v) is 3.58. The molecule has 1 fully saturated rings. The van der Waals surface area contributed by atoms with Crippen molar-refractivity contribution in [1.82, 2.24) is 5.32 Å². The van der Waals surface area contributed by atoms with Crippen LogP contribution in [0.4, 0.5) is 5.69 Å². The second-order valence-corrected chi connectivity index (χ2v) is 4.80. The second-order valence-electron chi connectivity index (χ2n) is 4.80. The Morgan fingerprint density at radius 3 is 2.94 bits per heavy atom. The van der Waals surface area contributed by atoms with Crippen molar-refractivity contribution >= 4 is 5.69 Å². The van der Waals surface area contributed by atoms with Gasteiger partial charge in [-0.2, -0.15) is 0 Å². The van der Waals surface area contributed by atoms with Gasteiger partial charge in [-0.3, -0.25) is 0 Å². The third kappa shape index (κ3) is 2.12. The predicted molar refractivity (Wildman–Crippen MR) is 71.7 cm³/mol. The van der Waals surface area contributed by atoms with Crippen molar-refractivity contribution in [3.05, 3.63) is 18.2 Å². The van der Waals surface area contributed by atoms with E-state index in [9.17, 15) is 0 Å². The Hall–Kier alpha value is -1.42. The minimum Gasteiger partial charge on any atom is -0.486 e. The first kappa shape index (κ1) is 11.7. The lowest BCUT2D eigenvalue weighted by Crippen LogP contribution is -2.44. The van der Waals surface area contributed by atoms with Crippen molar-refractivity contribution in [2.24, 2.45) is 0 Å². The van der Waals surface area contributed by atoms with E-state index in [0.29, 0.717) is 6.61 Å². The topological polar surface area (TPSA) is 33.7 Å². The van der Waals surface area contributed by atoms with E-state index in [4.69, 9.17) is 9.47 Å². The number of hydrogen-bond acceptors (Lipinski definition) is 4. The maximum absolute atomic E-state index is 6.08. The number of benzene rings is 1. The molecule has 0 saturated carbocycles. The summed E-state index contributed by atoms with van der Waals surface area (Å²) in [5.74, 6) is 1.81. The van der Waals surface area contributed by atoms with Crippen LogP contribution in [0.2, 0.25) is 0 Å². The van der Waals surface area contributed by atoms with Crippen molar-refractivity contribution in [2.45, 2.75) is 19.4 Å². The lowest BCUT2D eigenvalue weighted by molar-refractivity contribution is 0.0889. The number of fused-ring (bicyclic) bond motifs is 1. The smallest absolute Gasteiger partial charge is 0.185 e. The molecule has 0 aromatic heterocycles. The normalized spacial score (nSPS) is 22.9. The quantitative estimate of drug-likeness (QED) is 0.863. The number of rotatable bonds is 2. The molecule has 0 aliphatic carbocycles. The van der Waals surface area contributed by atoms with E-state index in [2.05, 4.69) is 23.2 Å². The summed E-state index contributed by atoms with van der Waals surface area (Å²) >= 11 is 0. The number of ether oxygens (including phenoxy) is 2. The van der Waals surface area contributed by atoms with E-state index in [0.717, 1.165) is 44.1 Å². The zero-order valence-electron chi connectivity index (χ0n) is 10.8. The summed E-state index contributed by atoms with van der Waals surface area (Å²) in [5.41, 5.74) is 1.17. The molecule has 1 N–H and O–H groups in total. The van der Waals surface area contributed by atoms with Crippen LogP contribution < -0.4 is 19.7 Å². The molecule has 1 atom stereocenters. The molecular formula is C14H20N2O2. The van der Waals surface area contributed by atoms with Gasteiger partial charge in [-0.25, -0.2) is 0 Å². The van der Waals surface area contributed by atoms with Gasteiger partial charge in [-0.15, -0.1) is 0 Å². The summed E-state index contributed by atoms with van der Waals surface area (Å²) in [4.78, 5) is 2.37. The Bertz CT molecular complexity index is 416. The maximum atomic E-state index is 6.08. The largest absolute Gasteiger partial charge is 0.486 e. The number of piperazine rings is 1. The Morgan fingerprint density at radius 1 is 1.33 bits per heavy atom. The van der Waals surface area contributed by atoms with Crippen molar-refractivity contribution in [1.29, 1.82) is 0 Å². The van der Waals surface area contributed by atoms with Crippen LogP contribution in [-0.2, 0) is 0 Å². The van der Waals surface area contributed by atoms with Gasteiger partial charge in [0.15, 0.2) is 11.5 Å². The third-order valence-electron chi connectivity index (χ3n) is 3.58. The van der Waals surface area contributed by atoms with Crippen LogP contribution in [0.3, 0.4) is 0 Å². The van der Waals surface area contributed by atoms with E-state index < -0.39 is 0 Å². The zero-order valence-corrected chi connectivity index (χ0v) is 10.8. The molecule has 2 aliphatic rings. The van der Waals surface area contributed by atoms with E-state index in [1.807, 2.05) is 12.1 Å². The van der Waals surface area contributed by atoms with Crippen molar-refractivity contribution < 1.29 is 9.47 Å². The van der Waals surface area contributed by atoms with Gasteiger partial charge in [0.2, 0.25) is 0 Å². The Balaban J connectivity index is 1.90. The molecule has 0 amide bonds. The summed E-state index contributed by atoms with van der Waals surface area (Å²) < 4.78 is 11.9. The van der Waals surface area contributed by atoms with Crippen LogP contribution in [0.25, 0.3) is 0 Å². The van der Waals surface area contributed by atoms with Gasteiger partial charge in [0.05, 0.1) is 5.69 Å². The highest BCUT2D eigenvalue weighted by Crippen LogP contribution is 2.41. The molecule has 2 heterocycles. The number of hydrogen-bond donors (Lipinski definition) is 1. The van der Waals surface area contributed by atoms with Gasteiger partial charge in [-0.05, 0) is 18.6 Å². The molecule has 0 radical (unpaired) electrons. The lowest BCUT2D eigenvalue weighted by atomic mass is 10.2. The molecule has 0 bridgehead atoms. The van der Waals surface area contributed by atoms with Crippen LogP contribution >= 0.6 is 0 Å². The van der Waals surface area contributed by atoms with Gasteiger partial charge in [0, 0.05) is 26.2 Å². The van der Waals surface area contributed by atoms with Gasteiger partial charge in [0.1, 0.15) is 12.7 Å². The zero-order chi connectivity index (χ0) is 12.4. The molecule has 1 aromatic carbocycles. The highest BCUT2D eigenvalue weighted by molar-refractivity contribution is 5.65. The fourth-order valence-corrected chi connectivity index (χ4v) is 2.48. The molecule has 4 nitrogen and oxygen atoms in total. The van der Waals surface area contributed by atoms with E-state index in [1.165, 1.54) is 5.69 Å². The number of para-hydroxylation sites is 1. The Labute approximate surface area is 108 Å². The SMILES string of the molecule is CCC1COc2cccc(N3CCNCC3)c2O1. The maximum Gasteiger partial charge on any atom is 0.185 e. The predicted octanol–water partition coefficient (Wildman–Crippen LogP) is 1.65. The Morgan fingerprint density at radius 2 is 2.17 bits per heavy atom. The van der Waals surface area contributed by atoms with Crippen molar-refractivity contribution in [3.63, 3.8) is 0 Å². The van der Waals surface area contributed by atoms with Crippen LogP contribution in [0.1, 0.15) is 13.3 Å². The summed E-state index contributed by atoms with van der Waals surface area (Å²) in [6, 6.07) is 6.17. The standard InChI is InChI=1S/C14H20N2O2/c1-2-11-10-17-13-5-3-4-12(14(13)18-11)16-8-6-15-7-9-16/h3-5,11,15H,2,6-10H2,1H3. The van der Waals surface area contributed by atoms with Crippen molar-refractivity contribution in [2.75, 3.05) is 37.7 Å². The highest BCUT2D eigenvalue weighted by Gasteiger charge is 2.25. The van der Waals surface area contributed by atoms with Crippen LogP contribution in [-0.4, -0.2) is 38.9 Å². The fourth-order valence-electron chi connectivity index (χ4n) is 2.48. The first-order valence-electron chi connectivity index (χ1n) is 6.76. The first-order valence-corrected chi connectivity index (χ1v) is 6.76. The summed E-state index contributed by atoms with van der Waals surface area (Å²) in [6.07, 6.45) is 1.16. The summed E-state index contributed by atoms with van der Waals surface area (Å²) in [5, 5.41) is 3.37. The molecule has 18 heavy (non-hydrogen) atoms. The summed E-state index contributed by atoms with van der Waals surface area (Å²) in [7, 11) is 0. The number of nitrogens with one attached hydrogen (secondary N) is 1.